The highest BCUT2D eigenvalue weighted by atomic mass is 127. The van der Waals surface area contributed by atoms with E-state index in [0.717, 1.165) is 6.54 Å². The van der Waals surface area contributed by atoms with Crippen LogP contribution in [0.1, 0.15) is 31.7 Å². The number of rotatable bonds is 5. The lowest BCUT2D eigenvalue weighted by atomic mass is 10.2. The Morgan fingerprint density at radius 1 is 1.29 bits per heavy atom. The Hall–Kier alpha value is -0.250. The van der Waals surface area contributed by atoms with Gasteiger partial charge in [0.1, 0.15) is 0 Å². The highest BCUT2D eigenvalue weighted by molar-refractivity contribution is 14.1. The molecule has 0 spiro atoms. The summed E-state index contributed by atoms with van der Waals surface area (Å²) in [4.78, 5) is 0. The Balaban J connectivity index is 2.39. The van der Waals surface area contributed by atoms with Crippen molar-refractivity contribution in [1.82, 2.24) is 0 Å². The molecule has 0 saturated carbocycles. The highest BCUT2D eigenvalue weighted by Crippen LogP contribution is 2.16. The third kappa shape index (κ3) is 3.86. The van der Waals surface area contributed by atoms with Gasteiger partial charge in [-0.25, -0.2) is 0 Å². The maximum Gasteiger partial charge on any atom is 0.0350 e. The number of hydrogen-bond donors (Lipinski definition) is 1. The van der Waals surface area contributed by atoms with Crippen LogP contribution in [-0.4, -0.2) is 6.54 Å². The Morgan fingerprint density at radius 3 is 2.71 bits per heavy atom. The van der Waals surface area contributed by atoms with Gasteiger partial charge in [0.2, 0.25) is 0 Å². The fourth-order valence-corrected chi connectivity index (χ4v) is 1.83. The summed E-state index contributed by atoms with van der Waals surface area (Å²) in [6.45, 7) is 5.46. The molecule has 0 bridgehead atoms. The van der Waals surface area contributed by atoms with Crippen LogP contribution in [0.2, 0.25) is 0 Å². The van der Waals surface area contributed by atoms with Crippen LogP contribution in [0.5, 0.6) is 0 Å². The molecule has 1 N–H and O–H groups in total. The van der Waals surface area contributed by atoms with Gasteiger partial charge in [-0.3, -0.25) is 0 Å². The third-order valence-corrected chi connectivity index (χ3v) is 3.44. The Morgan fingerprint density at radius 2 is 2.07 bits per heavy atom. The Kier molecular flexibility index (Phi) is 5.30. The van der Waals surface area contributed by atoms with Gasteiger partial charge in [-0.05, 0) is 53.6 Å². The number of nitrogens with one attached hydrogen (secondary N) is 1. The molecule has 2 heteroatoms. The zero-order valence-corrected chi connectivity index (χ0v) is 11.1. The molecule has 0 aliphatic rings. The van der Waals surface area contributed by atoms with E-state index in [2.05, 4.69) is 60.0 Å². The largest absolute Gasteiger partial charge is 0.385 e. The Bertz CT molecular complexity index is 284. The standard InChI is InChI=1S/C12H18IN/c1-3-4-5-8-14-11-7-6-10(2)12(13)9-11/h6-7,9,14H,3-5,8H2,1-2H3. The monoisotopic (exact) mass is 303 g/mol. The van der Waals surface area contributed by atoms with Crippen molar-refractivity contribution in [3.05, 3.63) is 27.3 Å². The zero-order chi connectivity index (χ0) is 10.4. The predicted octanol–water partition coefficient (Wildman–Crippen LogP) is 4.20. The number of halogens is 1. The lowest BCUT2D eigenvalue weighted by Crippen LogP contribution is -2.01. The van der Waals surface area contributed by atoms with Gasteiger partial charge < -0.3 is 5.32 Å². The molecule has 1 rings (SSSR count). The van der Waals surface area contributed by atoms with Crippen LogP contribution >= 0.6 is 22.6 Å². The summed E-state index contributed by atoms with van der Waals surface area (Å²) < 4.78 is 1.34. The van der Waals surface area contributed by atoms with Gasteiger partial charge in [0, 0.05) is 15.8 Å². The summed E-state index contributed by atoms with van der Waals surface area (Å²) in [5.74, 6) is 0. The molecule has 0 unspecified atom stereocenters. The summed E-state index contributed by atoms with van der Waals surface area (Å²) in [5, 5.41) is 3.44. The quantitative estimate of drug-likeness (QED) is 0.635. The van der Waals surface area contributed by atoms with Crippen molar-refractivity contribution in [2.24, 2.45) is 0 Å². The molecular weight excluding hydrogens is 285 g/mol. The van der Waals surface area contributed by atoms with Crippen molar-refractivity contribution < 1.29 is 0 Å². The zero-order valence-electron chi connectivity index (χ0n) is 8.94. The number of aryl methyl sites for hydroxylation is 1. The molecule has 0 amide bonds. The first kappa shape index (κ1) is 11.8. The molecular formula is C12H18IN. The number of benzene rings is 1. The molecule has 14 heavy (non-hydrogen) atoms. The summed E-state index contributed by atoms with van der Waals surface area (Å²) in [6, 6.07) is 6.54. The van der Waals surface area contributed by atoms with Crippen molar-refractivity contribution in [2.45, 2.75) is 33.1 Å². The summed E-state index contributed by atoms with van der Waals surface area (Å²) in [7, 11) is 0. The second-order valence-electron chi connectivity index (χ2n) is 3.60. The van der Waals surface area contributed by atoms with E-state index in [4.69, 9.17) is 0 Å². The van der Waals surface area contributed by atoms with Crippen LogP contribution in [0.4, 0.5) is 5.69 Å². The van der Waals surface area contributed by atoms with E-state index in [-0.39, 0.29) is 0 Å². The van der Waals surface area contributed by atoms with Crippen molar-refractivity contribution >= 4 is 28.3 Å². The van der Waals surface area contributed by atoms with Crippen molar-refractivity contribution in [2.75, 3.05) is 11.9 Å². The first-order chi connectivity index (χ1) is 6.74. The van der Waals surface area contributed by atoms with Gasteiger partial charge in [-0.1, -0.05) is 25.8 Å². The molecule has 0 heterocycles. The minimum atomic E-state index is 1.09. The average molecular weight is 303 g/mol. The number of anilines is 1. The maximum atomic E-state index is 3.44. The van der Waals surface area contributed by atoms with Gasteiger partial charge in [0.05, 0.1) is 0 Å². The molecule has 1 aromatic carbocycles. The maximum absolute atomic E-state index is 3.44. The van der Waals surface area contributed by atoms with Gasteiger partial charge in [0.25, 0.3) is 0 Å². The average Bonchev–Trinajstić information content (AvgIpc) is 2.18. The first-order valence-corrected chi connectivity index (χ1v) is 6.32. The van der Waals surface area contributed by atoms with E-state index < -0.39 is 0 Å². The smallest absolute Gasteiger partial charge is 0.0350 e. The number of unbranched alkanes of at least 4 members (excludes halogenated alkanes) is 2. The molecule has 1 aromatic rings. The summed E-state index contributed by atoms with van der Waals surface area (Å²) in [6.07, 6.45) is 3.87. The van der Waals surface area contributed by atoms with Crippen molar-refractivity contribution in [3.63, 3.8) is 0 Å². The van der Waals surface area contributed by atoms with E-state index in [1.165, 1.54) is 34.1 Å². The van der Waals surface area contributed by atoms with Crippen LogP contribution in [0, 0.1) is 10.5 Å². The molecule has 1 nitrogen and oxygen atoms in total. The van der Waals surface area contributed by atoms with Crippen molar-refractivity contribution in [1.29, 1.82) is 0 Å². The van der Waals surface area contributed by atoms with E-state index in [1.807, 2.05) is 0 Å². The van der Waals surface area contributed by atoms with E-state index in [0.29, 0.717) is 0 Å². The van der Waals surface area contributed by atoms with Gasteiger partial charge >= 0.3 is 0 Å². The fourth-order valence-electron chi connectivity index (χ4n) is 1.31. The minimum absolute atomic E-state index is 1.09. The molecule has 0 fully saturated rings. The summed E-state index contributed by atoms with van der Waals surface area (Å²) in [5.41, 5.74) is 2.60. The van der Waals surface area contributed by atoms with Gasteiger partial charge in [-0.15, -0.1) is 0 Å². The molecule has 0 atom stereocenters. The van der Waals surface area contributed by atoms with Gasteiger partial charge in [0.15, 0.2) is 0 Å². The minimum Gasteiger partial charge on any atom is -0.385 e. The third-order valence-electron chi connectivity index (χ3n) is 2.28. The molecule has 0 aliphatic heterocycles. The predicted molar refractivity (Wildman–Crippen MR) is 71.9 cm³/mol. The molecule has 0 radical (unpaired) electrons. The van der Waals surface area contributed by atoms with E-state index in [1.54, 1.807) is 0 Å². The highest BCUT2D eigenvalue weighted by Gasteiger charge is 1.96. The van der Waals surface area contributed by atoms with Crippen molar-refractivity contribution in [3.8, 4) is 0 Å². The van der Waals surface area contributed by atoms with Crippen LogP contribution in [0.25, 0.3) is 0 Å². The topological polar surface area (TPSA) is 12.0 Å². The molecule has 0 saturated heterocycles. The van der Waals surface area contributed by atoms with Crippen LogP contribution in [0.3, 0.4) is 0 Å². The lowest BCUT2D eigenvalue weighted by Gasteiger charge is -2.07. The lowest BCUT2D eigenvalue weighted by molar-refractivity contribution is 0.744. The van der Waals surface area contributed by atoms with E-state index >= 15 is 0 Å². The SMILES string of the molecule is CCCCCNc1ccc(C)c(I)c1. The normalized spacial score (nSPS) is 10.2. The molecule has 0 aliphatic carbocycles. The van der Waals surface area contributed by atoms with Gasteiger partial charge in [-0.2, -0.15) is 0 Å². The van der Waals surface area contributed by atoms with Crippen LogP contribution < -0.4 is 5.32 Å². The van der Waals surface area contributed by atoms with E-state index in [9.17, 15) is 0 Å². The number of hydrogen-bond acceptors (Lipinski definition) is 1. The second-order valence-corrected chi connectivity index (χ2v) is 4.76. The Labute approximate surface area is 100 Å². The molecule has 78 valence electrons. The first-order valence-electron chi connectivity index (χ1n) is 5.24. The second kappa shape index (κ2) is 6.27. The van der Waals surface area contributed by atoms with Crippen LogP contribution in [-0.2, 0) is 0 Å². The summed E-state index contributed by atoms with van der Waals surface area (Å²) >= 11 is 2.38. The fraction of sp³-hybridized carbons (Fsp3) is 0.500. The van der Waals surface area contributed by atoms with Crippen LogP contribution in [0.15, 0.2) is 18.2 Å². The molecule has 0 aromatic heterocycles.